The van der Waals surface area contributed by atoms with Gasteiger partial charge < -0.3 is 15.5 Å². The first kappa shape index (κ1) is 19.9. The van der Waals surface area contributed by atoms with Gasteiger partial charge in [-0.25, -0.2) is 0 Å². The molecule has 0 bridgehead atoms. The number of hydrogen-bond donors (Lipinski definition) is 2. The molecular formula is C20H24ClN3O2. The van der Waals surface area contributed by atoms with Crippen LogP contribution in [-0.2, 0) is 0 Å². The lowest BCUT2D eigenvalue weighted by molar-refractivity contribution is 0.0787. The molecule has 5 nitrogen and oxygen atoms in total. The van der Waals surface area contributed by atoms with E-state index in [-0.39, 0.29) is 24.2 Å². The second-order valence-electron chi connectivity index (χ2n) is 6.36. The van der Waals surface area contributed by atoms with Gasteiger partial charge in [-0.1, -0.05) is 18.2 Å². The van der Waals surface area contributed by atoms with E-state index in [1.54, 1.807) is 36.4 Å². The Morgan fingerprint density at radius 3 is 2.38 bits per heavy atom. The monoisotopic (exact) mass is 373 g/mol. The van der Waals surface area contributed by atoms with Crippen molar-refractivity contribution in [1.29, 1.82) is 0 Å². The maximum atomic E-state index is 12.6. The molecule has 1 aliphatic rings. The molecule has 6 heteroatoms. The second kappa shape index (κ2) is 9.36. The molecule has 2 amide bonds. The lowest BCUT2D eigenvalue weighted by Crippen LogP contribution is -2.30. The fourth-order valence-corrected chi connectivity index (χ4v) is 3.14. The normalized spacial score (nSPS) is 16.0. The van der Waals surface area contributed by atoms with Gasteiger partial charge in [0.1, 0.15) is 0 Å². The fourth-order valence-electron chi connectivity index (χ4n) is 3.14. The number of halogens is 1. The average Bonchev–Trinajstić information content (AvgIpc) is 3.11. The van der Waals surface area contributed by atoms with Crippen molar-refractivity contribution >= 4 is 29.9 Å². The SMILES string of the molecule is CNCC1CCN(C(=O)c2ccc(NC(=O)c3ccccc3)cc2)C1.Cl. The zero-order valence-electron chi connectivity index (χ0n) is 14.8. The molecule has 1 heterocycles. The van der Waals surface area contributed by atoms with Crippen molar-refractivity contribution in [2.24, 2.45) is 5.92 Å². The molecule has 0 radical (unpaired) electrons. The summed E-state index contributed by atoms with van der Waals surface area (Å²) in [7, 11) is 1.94. The van der Waals surface area contributed by atoms with E-state index >= 15 is 0 Å². The van der Waals surface area contributed by atoms with Gasteiger partial charge in [0.25, 0.3) is 11.8 Å². The summed E-state index contributed by atoms with van der Waals surface area (Å²) in [6.45, 7) is 2.54. The highest BCUT2D eigenvalue weighted by Gasteiger charge is 2.26. The molecule has 0 saturated carbocycles. The van der Waals surface area contributed by atoms with Crippen molar-refractivity contribution in [1.82, 2.24) is 10.2 Å². The van der Waals surface area contributed by atoms with Gasteiger partial charge in [0.05, 0.1) is 0 Å². The minimum atomic E-state index is -0.158. The molecule has 0 aromatic heterocycles. The first-order chi connectivity index (χ1) is 12.2. The molecule has 1 fully saturated rings. The Hall–Kier alpha value is -2.37. The summed E-state index contributed by atoms with van der Waals surface area (Å²) in [4.78, 5) is 26.6. The quantitative estimate of drug-likeness (QED) is 0.846. The number of carbonyl (C=O) groups excluding carboxylic acids is 2. The van der Waals surface area contributed by atoms with E-state index < -0.39 is 0 Å². The third kappa shape index (κ3) is 4.84. The Balaban J connectivity index is 0.00000243. The molecule has 1 saturated heterocycles. The van der Waals surface area contributed by atoms with Gasteiger partial charge in [-0.2, -0.15) is 0 Å². The van der Waals surface area contributed by atoms with Crippen molar-refractivity contribution in [3.8, 4) is 0 Å². The summed E-state index contributed by atoms with van der Waals surface area (Å²) >= 11 is 0. The first-order valence-electron chi connectivity index (χ1n) is 8.57. The summed E-state index contributed by atoms with van der Waals surface area (Å²) in [6.07, 6.45) is 1.04. The summed E-state index contributed by atoms with van der Waals surface area (Å²) in [5.41, 5.74) is 1.94. The minimum Gasteiger partial charge on any atom is -0.338 e. The highest BCUT2D eigenvalue weighted by atomic mass is 35.5. The van der Waals surface area contributed by atoms with Crippen LogP contribution in [0.2, 0.25) is 0 Å². The van der Waals surface area contributed by atoms with E-state index in [1.807, 2.05) is 30.1 Å². The zero-order chi connectivity index (χ0) is 17.6. The van der Waals surface area contributed by atoms with Crippen LogP contribution in [0.25, 0.3) is 0 Å². The van der Waals surface area contributed by atoms with Gasteiger partial charge in [0.15, 0.2) is 0 Å². The molecule has 0 aliphatic carbocycles. The molecule has 1 aliphatic heterocycles. The van der Waals surface area contributed by atoms with E-state index in [2.05, 4.69) is 10.6 Å². The molecule has 2 aromatic carbocycles. The summed E-state index contributed by atoms with van der Waals surface area (Å²) in [5, 5.41) is 6.02. The molecule has 138 valence electrons. The van der Waals surface area contributed by atoms with E-state index in [9.17, 15) is 9.59 Å². The van der Waals surface area contributed by atoms with Crippen LogP contribution in [0.5, 0.6) is 0 Å². The first-order valence-corrected chi connectivity index (χ1v) is 8.57. The van der Waals surface area contributed by atoms with Crippen molar-refractivity contribution in [3.05, 3.63) is 65.7 Å². The number of carbonyl (C=O) groups is 2. The van der Waals surface area contributed by atoms with Gasteiger partial charge in [-0.05, 0) is 62.3 Å². The molecule has 1 atom stereocenters. The number of anilines is 1. The predicted octanol–water partition coefficient (Wildman–Crippen LogP) is 3.04. The number of likely N-dealkylation sites (tertiary alicyclic amines) is 1. The standard InChI is InChI=1S/C20H23N3O2.ClH/c1-21-13-15-11-12-23(14-15)20(25)17-7-9-18(10-8-17)22-19(24)16-5-3-2-4-6-16;/h2-10,15,21H,11-14H2,1H3,(H,22,24);1H. The smallest absolute Gasteiger partial charge is 0.255 e. The Morgan fingerprint density at radius 1 is 1.04 bits per heavy atom. The number of nitrogens with one attached hydrogen (secondary N) is 2. The lowest BCUT2D eigenvalue weighted by atomic mass is 10.1. The highest BCUT2D eigenvalue weighted by Crippen LogP contribution is 2.19. The number of amides is 2. The number of benzene rings is 2. The zero-order valence-corrected chi connectivity index (χ0v) is 15.6. The molecule has 26 heavy (non-hydrogen) atoms. The number of rotatable bonds is 5. The van der Waals surface area contributed by atoms with Crippen LogP contribution in [0, 0.1) is 5.92 Å². The van der Waals surface area contributed by atoms with Crippen molar-refractivity contribution in [2.45, 2.75) is 6.42 Å². The van der Waals surface area contributed by atoms with Gasteiger partial charge in [-0.3, -0.25) is 9.59 Å². The molecule has 2 N–H and O–H groups in total. The third-order valence-electron chi connectivity index (χ3n) is 4.49. The second-order valence-corrected chi connectivity index (χ2v) is 6.36. The van der Waals surface area contributed by atoms with Crippen LogP contribution in [0.4, 0.5) is 5.69 Å². The maximum Gasteiger partial charge on any atom is 0.255 e. The van der Waals surface area contributed by atoms with Gasteiger partial charge in [0, 0.05) is 29.9 Å². The summed E-state index contributed by atoms with van der Waals surface area (Å²) in [5.74, 6) is 0.423. The van der Waals surface area contributed by atoms with Crippen molar-refractivity contribution < 1.29 is 9.59 Å². The molecule has 2 aromatic rings. The number of nitrogens with zero attached hydrogens (tertiary/aromatic N) is 1. The summed E-state index contributed by atoms with van der Waals surface area (Å²) < 4.78 is 0. The van der Waals surface area contributed by atoms with E-state index in [4.69, 9.17) is 0 Å². The van der Waals surface area contributed by atoms with Crippen LogP contribution in [-0.4, -0.2) is 43.4 Å². The van der Waals surface area contributed by atoms with Crippen molar-refractivity contribution in [3.63, 3.8) is 0 Å². The third-order valence-corrected chi connectivity index (χ3v) is 4.49. The van der Waals surface area contributed by atoms with Gasteiger partial charge in [-0.15, -0.1) is 12.4 Å². The van der Waals surface area contributed by atoms with Crippen LogP contribution in [0.3, 0.4) is 0 Å². The van der Waals surface area contributed by atoms with Crippen LogP contribution >= 0.6 is 12.4 Å². The Labute approximate surface area is 160 Å². The van der Waals surface area contributed by atoms with Gasteiger partial charge >= 0.3 is 0 Å². The number of hydrogen-bond acceptors (Lipinski definition) is 3. The van der Waals surface area contributed by atoms with Gasteiger partial charge in [0.2, 0.25) is 0 Å². The predicted molar refractivity (Wildman–Crippen MR) is 106 cm³/mol. The topological polar surface area (TPSA) is 61.4 Å². The van der Waals surface area contributed by atoms with Crippen LogP contribution in [0.15, 0.2) is 54.6 Å². The molecule has 3 rings (SSSR count). The molecular weight excluding hydrogens is 350 g/mol. The Morgan fingerprint density at radius 2 is 1.73 bits per heavy atom. The highest BCUT2D eigenvalue weighted by molar-refractivity contribution is 6.04. The van der Waals surface area contributed by atoms with E-state index in [0.29, 0.717) is 22.7 Å². The maximum absolute atomic E-state index is 12.6. The fraction of sp³-hybridized carbons (Fsp3) is 0.300. The van der Waals surface area contributed by atoms with E-state index in [0.717, 1.165) is 26.1 Å². The van der Waals surface area contributed by atoms with Crippen molar-refractivity contribution in [2.75, 3.05) is 32.0 Å². The van der Waals surface area contributed by atoms with Crippen LogP contribution < -0.4 is 10.6 Å². The van der Waals surface area contributed by atoms with E-state index in [1.165, 1.54) is 0 Å². The Bertz CT molecular complexity index is 734. The molecule has 1 unspecified atom stereocenters. The summed E-state index contributed by atoms with van der Waals surface area (Å²) in [6, 6.07) is 16.1. The molecule has 0 spiro atoms. The largest absolute Gasteiger partial charge is 0.338 e. The Kier molecular flexibility index (Phi) is 7.18. The van der Waals surface area contributed by atoms with Crippen LogP contribution in [0.1, 0.15) is 27.1 Å². The average molecular weight is 374 g/mol. The minimum absolute atomic E-state index is 0. The lowest BCUT2D eigenvalue weighted by Gasteiger charge is -2.17.